The van der Waals surface area contributed by atoms with Crippen LogP contribution in [-0.2, 0) is 17.7 Å². The van der Waals surface area contributed by atoms with Gasteiger partial charge in [-0.05, 0) is 88.4 Å². The Morgan fingerprint density at radius 2 is 1.76 bits per heavy atom. The molecule has 0 radical (unpaired) electrons. The lowest BCUT2D eigenvalue weighted by Crippen LogP contribution is -2.43. The predicted molar refractivity (Wildman–Crippen MR) is 133 cm³/mol. The minimum absolute atomic E-state index is 0.303. The van der Waals surface area contributed by atoms with Crippen LogP contribution >= 0.6 is 0 Å². The number of nitrogens with zero attached hydrogens (tertiary/aromatic N) is 2. The number of rotatable bonds is 7. The molecule has 3 aromatic rings. The van der Waals surface area contributed by atoms with E-state index in [9.17, 15) is 9.90 Å². The summed E-state index contributed by atoms with van der Waals surface area (Å²) in [5, 5.41) is 11.4. The van der Waals surface area contributed by atoms with E-state index in [0.717, 1.165) is 45.4 Å². The second-order valence-electron chi connectivity index (χ2n) is 10.1. The van der Waals surface area contributed by atoms with Gasteiger partial charge in [0.15, 0.2) is 0 Å². The second kappa shape index (κ2) is 9.70. The Hall–Kier alpha value is -2.63. The number of fused-ring (bicyclic) bond motifs is 1. The quantitative estimate of drug-likeness (QED) is 0.527. The van der Waals surface area contributed by atoms with Crippen molar-refractivity contribution in [2.24, 2.45) is 5.92 Å². The predicted octanol–water partition coefficient (Wildman–Crippen LogP) is 4.81. The Morgan fingerprint density at radius 3 is 2.39 bits per heavy atom. The molecule has 0 saturated carbocycles. The van der Waals surface area contributed by atoms with Crippen molar-refractivity contribution in [3.63, 3.8) is 0 Å². The van der Waals surface area contributed by atoms with Crippen LogP contribution in [0.15, 0.2) is 48.5 Å². The van der Waals surface area contributed by atoms with Crippen molar-refractivity contribution in [1.82, 2.24) is 9.47 Å². The van der Waals surface area contributed by atoms with Gasteiger partial charge in [-0.2, -0.15) is 0 Å². The lowest BCUT2D eigenvalue weighted by molar-refractivity contribution is 0.0234. The molecule has 0 unspecified atom stereocenters. The minimum Gasteiger partial charge on any atom is -0.465 e. The molecule has 0 atom stereocenters. The highest BCUT2D eigenvalue weighted by molar-refractivity contribution is 5.89. The van der Waals surface area contributed by atoms with Crippen LogP contribution in [0.1, 0.15) is 53.9 Å². The maximum atomic E-state index is 11.8. The molecule has 1 aliphatic rings. The molecule has 5 nitrogen and oxygen atoms in total. The first-order chi connectivity index (χ1) is 15.7. The van der Waals surface area contributed by atoms with Gasteiger partial charge >= 0.3 is 5.97 Å². The van der Waals surface area contributed by atoms with Crippen molar-refractivity contribution in [2.45, 2.75) is 52.2 Å². The molecule has 1 fully saturated rings. The monoisotopic (exact) mass is 448 g/mol. The Labute approximate surface area is 197 Å². The number of piperidine rings is 1. The topological polar surface area (TPSA) is 54.7 Å². The normalized spacial score (nSPS) is 15.8. The number of carbonyl (C=O) groups excluding carboxylic acids is 1. The average molecular weight is 449 g/mol. The average Bonchev–Trinajstić information content (AvgIpc) is 3.05. The van der Waals surface area contributed by atoms with Gasteiger partial charge < -0.3 is 19.3 Å². The fourth-order valence-electron chi connectivity index (χ4n) is 5.17. The lowest BCUT2D eigenvalue weighted by Gasteiger charge is -2.35. The smallest absolute Gasteiger partial charge is 0.337 e. The summed E-state index contributed by atoms with van der Waals surface area (Å²) in [6.45, 7) is 9.88. The number of methoxy groups -OCH3 is 1. The number of β-amino-alcohol motifs (C(OH)–C–C–N with tert-alkyl or cyclic N) is 1. The summed E-state index contributed by atoms with van der Waals surface area (Å²) in [6.07, 6.45) is 3.16. The van der Waals surface area contributed by atoms with Gasteiger partial charge in [0.05, 0.1) is 18.3 Å². The zero-order valence-corrected chi connectivity index (χ0v) is 20.3. The van der Waals surface area contributed by atoms with Gasteiger partial charge in [-0.3, -0.25) is 0 Å². The molecule has 0 bridgehead atoms. The number of para-hydroxylation sites is 1. The van der Waals surface area contributed by atoms with Crippen LogP contribution in [0.3, 0.4) is 0 Å². The Kier molecular flexibility index (Phi) is 6.91. The van der Waals surface area contributed by atoms with Gasteiger partial charge in [0, 0.05) is 29.7 Å². The van der Waals surface area contributed by atoms with Gasteiger partial charge in [-0.1, -0.05) is 30.3 Å². The summed E-state index contributed by atoms with van der Waals surface area (Å²) in [7, 11) is 1.41. The summed E-state index contributed by atoms with van der Waals surface area (Å²) < 4.78 is 7.32. The number of hydrogen-bond donors (Lipinski definition) is 1. The largest absolute Gasteiger partial charge is 0.465 e. The number of esters is 1. The molecule has 2 heterocycles. The van der Waals surface area contributed by atoms with E-state index in [4.69, 9.17) is 4.74 Å². The maximum Gasteiger partial charge on any atom is 0.337 e. The standard InChI is InChI=1S/C28H36N2O3/c1-20-25(17-21-9-11-23(12-10-21)27(31)33-4)24-7-5-6-8-26(24)30(20)18-22-13-15-29(16-14-22)19-28(2,3)32/h5-12,22,32H,13-19H2,1-4H3. The zero-order chi connectivity index (χ0) is 23.6. The summed E-state index contributed by atoms with van der Waals surface area (Å²) in [6, 6.07) is 16.4. The highest BCUT2D eigenvalue weighted by Gasteiger charge is 2.25. The van der Waals surface area contributed by atoms with Crippen LogP contribution in [0.25, 0.3) is 10.9 Å². The van der Waals surface area contributed by atoms with E-state index in [1.807, 2.05) is 38.1 Å². The lowest BCUT2D eigenvalue weighted by atomic mass is 9.95. The van der Waals surface area contributed by atoms with Gasteiger partial charge in [-0.15, -0.1) is 0 Å². The van der Waals surface area contributed by atoms with Crippen molar-refractivity contribution >= 4 is 16.9 Å². The highest BCUT2D eigenvalue weighted by atomic mass is 16.5. The Balaban J connectivity index is 1.52. The molecule has 0 amide bonds. The molecule has 1 N–H and O–H groups in total. The number of carbonyl (C=O) groups is 1. The first-order valence-electron chi connectivity index (χ1n) is 11.9. The van der Waals surface area contributed by atoms with Crippen LogP contribution in [0.5, 0.6) is 0 Å². The van der Waals surface area contributed by atoms with E-state index in [2.05, 4.69) is 40.7 Å². The third-order valence-corrected chi connectivity index (χ3v) is 6.88. The number of aromatic nitrogens is 1. The molecule has 176 valence electrons. The minimum atomic E-state index is -0.635. The van der Waals surface area contributed by atoms with E-state index in [1.54, 1.807) is 0 Å². The van der Waals surface area contributed by atoms with Crippen molar-refractivity contribution in [1.29, 1.82) is 0 Å². The zero-order valence-electron chi connectivity index (χ0n) is 20.3. The number of ether oxygens (including phenoxy) is 1. The number of aliphatic hydroxyl groups is 1. The van der Waals surface area contributed by atoms with Crippen LogP contribution in [0, 0.1) is 12.8 Å². The molecule has 5 heteroatoms. The second-order valence-corrected chi connectivity index (χ2v) is 10.1. The summed E-state index contributed by atoms with van der Waals surface area (Å²) in [4.78, 5) is 14.1. The van der Waals surface area contributed by atoms with Gasteiger partial charge in [0.2, 0.25) is 0 Å². The number of hydrogen-bond acceptors (Lipinski definition) is 4. The molecule has 2 aromatic carbocycles. The SMILES string of the molecule is COC(=O)c1ccc(Cc2c(C)n(CC3CCN(CC(C)(C)O)CC3)c3ccccc23)cc1. The molecular formula is C28H36N2O3. The van der Waals surface area contributed by atoms with E-state index < -0.39 is 5.60 Å². The summed E-state index contributed by atoms with van der Waals surface area (Å²) in [5.74, 6) is 0.340. The van der Waals surface area contributed by atoms with Gasteiger partial charge in [0.1, 0.15) is 0 Å². The Morgan fingerprint density at radius 1 is 1.09 bits per heavy atom. The fourth-order valence-corrected chi connectivity index (χ4v) is 5.17. The first kappa shape index (κ1) is 23.5. The van der Waals surface area contributed by atoms with Crippen LogP contribution < -0.4 is 0 Å². The molecule has 0 aliphatic carbocycles. The van der Waals surface area contributed by atoms with E-state index in [0.29, 0.717) is 11.5 Å². The van der Waals surface area contributed by atoms with E-state index >= 15 is 0 Å². The molecule has 4 rings (SSSR count). The highest BCUT2D eigenvalue weighted by Crippen LogP contribution is 2.31. The molecule has 1 aliphatic heterocycles. The van der Waals surface area contributed by atoms with Gasteiger partial charge in [-0.25, -0.2) is 4.79 Å². The van der Waals surface area contributed by atoms with Gasteiger partial charge in [0.25, 0.3) is 0 Å². The molecule has 33 heavy (non-hydrogen) atoms. The van der Waals surface area contributed by atoms with Crippen molar-refractivity contribution < 1.29 is 14.6 Å². The molecule has 1 saturated heterocycles. The third-order valence-electron chi connectivity index (χ3n) is 6.88. The summed E-state index contributed by atoms with van der Waals surface area (Å²) in [5.41, 5.74) is 5.12. The number of likely N-dealkylation sites (tertiary alicyclic amines) is 1. The summed E-state index contributed by atoms with van der Waals surface area (Å²) >= 11 is 0. The van der Waals surface area contributed by atoms with Crippen molar-refractivity contribution in [2.75, 3.05) is 26.7 Å². The van der Waals surface area contributed by atoms with Crippen molar-refractivity contribution in [3.8, 4) is 0 Å². The Bertz CT molecular complexity index is 1100. The van der Waals surface area contributed by atoms with Crippen LogP contribution in [0.4, 0.5) is 0 Å². The van der Waals surface area contributed by atoms with Crippen molar-refractivity contribution in [3.05, 3.63) is 70.9 Å². The molecular weight excluding hydrogens is 412 g/mol. The third kappa shape index (κ3) is 5.48. The van der Waals surface area contributed by atoms with E-state index in [-0.39, 0.29) is 5.97 Å². The first-order valence-corrected chi connectivity index (χ1v) is 11.9. The molecule has 0 spiro atoms. The molecule has 1 aromatic heterocycles. The van der Waals surface area contributed by atoms with Crippen LogP contribution in [0.2, 0.25) is 0 Å². The van der Waals surface area contributed by atoms with Crippen LogP contribution in [-0.4, -0.2) is 52.9 Å². The number of benzene rings is 2. The van der Waals surface area contributed by atoms with E-state index in [1.165, 1.54) is 34.8 Å². The fraction of sp³-hybridized carbons (Fsp3) is 0.464. The maximum absolute atomic E-state index is 11.8.